The summed E-state index contributed by atoms with van der Waals surface area (Å²) in [6.07, 6.45) is 0.788. The van der Waals surface area contributed by atoms with Crippen LogP contribution < -0.4 is 16.0 Å². The second-order valence-corrected chi connectivity index (χ2v) is 21.4. The fourth-order valence-electron chi connectivity index (χ4n) is 8.52. The number of aliphatic imine (C=N–C) groups is 1. The first-order chi connectivity index (χ1) is 34.0. The molecule has 0 radical (unpaired) electrons. The lowest BCUT2D eigenvalue weighted by Gasteiger charge is -2.35. The van der Waals surface area contributed by atoms with E-state index in [-0.39, 0.29) is 57.6 Å². The number of nitrogens with one attached hydrogen (secondary N) is 3. The van der Waals surface area contributed by atoms with Crippen molar-refractivity contribution in [3.8, 4) is 15.4 Å². The van der Waals surface area contributed by atoms with Crippen LogP contribution in [0, 0.1) is 33.1 Å². The molecule has 5 heterocycles. The van der Waals surface area contributed by atoms with E-state index in [1.165, 1.54) is 9.78 Å². The molecule has 2 aliphatic heterocycles. The van der Waals surface area contributed by atoms with Crippen molar-refractivity contribution in [1.29, 1.82) is 0 Å². The molecular formula is C51H64ClN9O8S2. The highest BCUT2D eigenvalue weighted by Gasteiger charge is 2.44. The van der Waals surface area contributed by atoms with Gasteiger partial charge in [0.15, 0.2) is 5.82 Å². The van der Waals surface area contributed by atoms with Gasteiger partial charge in [0.2, 0.25) is 23.6 Å². The number of unbranched alkanes of at least 4 members (excludes halogenated alkanes) is 1. The number of likely N-dealkylation sites (tertiary alicyclic amines) is 1. The van der Waals surface area contributed by atoms with Gasteiger partial charge in [0.05, 0.1) is 60.7 Å². The minimum absolute atomic E-state index is 0.0212. The molecule has 4 amide bonds. The van der Waals surface area contributed by atoms with Crippen LogP contribution >= 0.6 is 34.3 Å². The summed E-state index contributed by atoms with van der Waals surface area (Å²) in [6, 6.07) is 13.0. The van der Waals surface area contributed by atoms with Crippen LogP contribution in [-0.4, -0.2) is 130 Å². The first-order valence-electron chi connectivity index (χ1n) is 23.9. The molecule has 380 valence electrons. The van der Waals surface area contributed by atoms with Crippen LogP contribution in [0.5, 0.6) is 0 Å². The quantitative estimate of drug-likeness (QED) is 0.0559. The van der Waals surface area contributed by atoms with E-state index in [2.05, 4.69) is 45.0 Å². The van der Waals surface area contributed by atoms with Gasteiger partial charge in [0.25, 0.3) is 0 Å². The summed E-state index contributed by atoms with van der Waals surface area (Å²) in [4.78, 5) is 66.8. The van der Waals surface area contributed by atoms with Crippen molar-refractivity contribution in [2.75, 3.05) is 52.7 Å². The topological polar surface area (TPSA) is 211 Å². The Balaban J connectivity index is 0.766. The number of ether oxygens (including phenoxy) is 3. The molecule has 4 atom stereocenters. The number of carbonyl (C=O) groups excluding carboxylic acids is 4. The number of hydrogen-bond acceptors (Lipinski definition) is 14. The number of aromatic nitrogens is 4. The number of carbonyl (C=O) groups is 4. The lowest BCUT2D eigenvalue weighted by atomic mass is 9.85. The summed E-state index contributed by atoms with van der Waals surface area (Å²) in [5, 5.41) is 29.8. The highest BCUT2D eigenvalue weighted by Crippen LogP contribution is 2.40. The number of halogens is 1. The lowest BCUT2D eigenvalue weighted by molar-refractivity contribution is -0.144. The van der Waals surface area contributed by atoms with Gasteiger partial charge >= 0.3 is 0 Å². The molecule has 2 aliphatic rings. The number of aliphatic hydroxyl groups excluding tert-OH is 1. The van der Waals surface area contributed by atoms with Crippen LogP contribution in [0.3, 0.4) is 0 Å². The maximum atomic E-state index is 14.0. The number of aliphatic hydroxyl groups is 1. The maximum absolute atomic E-state index is 14.0. The first kappa shape index (κ1) is 53.4. The average molecular weight is 1030 g/mol. The van der Waals surface area contributed by atoms with Crippen molar-refractivity contribution < 1.29 is 38.5 Å². The Labute approximate surface area is 427 Å². The van der Waals surface area contributed by atoms with Gasteiger partial charge in [0.1, 0.15) is 35.6 Å². The second kappa shape index (κ2) is 24.3. The molecule has 1 saturated heterocycles. The number of benzene rings is 2. The molecule has 5 aromatic rings. The van der Waals surface area contributed by atoms with Crippen LogP contribution in [-0.2, 0) is 39.9 Å². The molecular weight excluding hydrogens is 966 g/mol. The predicted molar refractivity (Wildman–Crippen MR) is 274 cm³/mol. The minimum Gasteiger partial charge on any atom is -0.391 e. The number of thiazole rings is 1. The van der Waals surface area contributed by atoms with E-state index < -0.39 is 41.5 Å². The van der Waals surface area contributed by atoms with Gasteiger partial charge < -0.3 is 40.2 Å². The number of amides is 4. The fraction of sp³-hybridized carbons (Fsp3) is 0.490. The zero-order valence-corrected chi connectivity index (χ0v) is 43.8. The largest absolute Gasteiger partial charge is 0.391 e. The third-order valence-corrected chi connectivity index (χ3v) is 14.9. The number of β-amino-alcohol motifs (C(OH)–C–C–N with tert-alkyl or cyclic N) is 1. The Hall–Kier alpha value is -5.41. The van der Waals surface area contributed by atoms with E-state index in [1.54, 1.807) is 22.7 Å². The lowest BCUT2D eigenvalue weighted by Crippen LogP contribution is -2.58. The van der Waals surface area contributed by atoms with Crippen LogP contribution in [0.1, 0.15) is 97.0 Å². The zero-order valence-electron chi connectivity index (χ0n) is 41.4. The number of hydrogen-bond donors (Lipinski definition) is 4. The van der Waals surface area contributed by atoms with Crippen LogP contribution in [0.15, 0.2) is 59.0 Å². The van der Waals surface area contributed by atoms with E-state index in [9.17, 15) is 24.3 Å². The van der Waals surface area contributed by atoms with Gasteiger partial charge in [-0.2, -0.15) is 0 Å². The Kier molecular flexibility index (Phi) is 18.3. The Morgan fingerprint density at radius 1 is 0.873 bits per heavy atom. The fourth-order valence-corrected chi connectivity index (χ4v) is 10.7. The molecule has 20 heteroatoms. The summed E-state index contributed by atoms with van der Waals surface area (Å²) in [7, 11) is 0. The first-order valence-corrected chi connectivity index (χ1v) is 26.0. The van der Waals surface area contributed by atoms with Gasteiger partial charge in [-0.1, -0.05) is 68.8 Å². The predicted octanol–water partition coefficient (Wildman–Crippen LogP) is 6.38. The van der Waals surface area contributed by atoms with Crippen molar-refractivity contribution in [2.45, 2.75) is 105 Å². The van der Waals surface area contributed by atoms with E-state index in [4.69, 9.17) is 30.8 Å². The smallest absolute Gasteiger partial charge is 0.246 e. The summed E-state index contributed by atoms with van der Waals surface area (Å²) in [5.74, 6) is -0.0805. The van der Waals surface area contributed by atoms with Crippen LogP contribution in [0.25, 0.3) is 15.4 Å². The highest BCUT2D eigenvalue weighted by molar-refractivity contribution is 7.15. The van der Waals surface area contributed by atoms with Crippen molar-refractivity contribution in [1.82, 2.24) is 40.6 Å². The molecule has 2 aromatic carbocycles. The third kappa shape index (κ3) is 13.6. The molecule has 4 N–H and O–H groups in total. The molecule has 71 heavy (non-hydrogen) atoms. The van der Waals surface area contributed by atoms with Crippen molar-refractivity contribution in [3.63, 3.8) is 0 Å². The maximum Gasteiger partial charge on any atom is 0.246 e. The molecule has 1 fully saturated rings. The summed E-state index contributed by atoms with van der Waals surface area (Å²) in [6.45, 7) is 15.5. The molecule has 17 nitrogen and oxygen atoms in total. The van der Waals surface area contributed by atoms with Crippen LogP contribution in [0.2, 0.25) is 5.02 Å². The van der Waals surface area contributed by atoms with Gasteiger partial charge in [-0.3, -0.25) is 28.7 Å². The van der Waals surface area contributed by atoms with Gasteiger partial charge in [-0.15, -0.1) is 32.9 Å². The minimum atomic E-state index is -0.972. The van der Waals surface area contributed by atoms with Crippen molar-refractivity contribution >= 4 is 63.6 Å². The SMILES string of the molecule is Cc1ncsc1-c1ccc(CNC(=O)[C@@H]2C[C@@H](O)CN2C(=O)[C@@H](NC(=O)COCCOCCOCCCCNC(=O)C[C@@H]2N=C(c3ccc(Cl)cc3)c3c(sc(C)c3C)-n3c(C)nnc32)C(C)(C)C)cc1. The van der Waals surface area contributed by atoms with E-state index >= 15 is 0 Å². The summed E-state index contributed by atoms with van der Waals surface area (Å²) >= 11 is 9.47. The molecule has 0 aliphatic carbocycles. The monoisotopic (exact) mass is 1030 g/mol. The summed E-state index contributed by atoms with van der Waals surface area (Å²) < 4.78 is 18.9. The second-order valence-electron chi connectivity index (χ2n) is 18.9. The number of nitrogens with zero attached hydrogens (tertiary/aromatic N) is 6. The van der Waals surface area contributed by atoms with Crippen molar-refractivity contribution in [2.24, 2.45) is 10.4 Å². The summed E-state index contributed by atoms with van der Waals surface area (Å²) in [5.41, 5.74) is 7.86. The van der Waals surface area contributed by atoms with Gasteiger partial charge in [-0.25, -0.2) is 4.98 Å². The Bertz CT molecular complexity index is 2680. The number of rotatable bonds is 22. The van der Waals surface area contributed by atoms with E-state index in [0.29, 0.717) is 37.2 Å². The van der Waals surface area contributed by atoms with E-state index in [1.807, 2.05) is 93.2 Å². The van der Waals surface area contributed by atoms with Gasteiger partial charge in [0, 0.05) is 53.7 Å². The Morgan fingerprint density at radius 3 is 2.25 bits per heavy atom. The number of fused-ring (bicyclic) bond motifs is 3. The van der Waals surface area contributed by atoms with Crippen LogP contribution in [0.4, 0.5) is 0 Å². The normalized spacial score (nSPS) is 17.0. The number of aryl methyl sites for hydroxylation is 3. The molecule has 0 spiro atoms. The molecule has 7 rings (SSSR count). The number of thiophene rings is 1. The standard InChI is InChI=1S/C51H64ClN9O8S2/c1-30-32(3)71-50-43(30)44(35-14-16-37(52)17-15-35)56-39(47-59-58-33(4)61(47)50)25-41(63)53-18-8-9-19-67-20-21-68-22-23-69-28-42(64)57-46(51(5,6)7)49(66)60-27-38(62)24-40(60)48(65)54-26-34-10-12-36(13-11-34)45-31(2)55-29-70-45/h10-17,29,38-40,46,62H,8-9,18-28H2,1-7H3,(H,53,63)(H,54,65)(H,57,64)/t38-,39+,40+,46-/m1/s1. The average Bonchev–Trinajstić information content (AvgIpc) is 4.11. The molecule has 0 saturated carbocycles. The zero-order chi connectivity index (χ0) is 50.8. The molecule has 0 unspecified atom stereocenters. The Morgan fingerprint density at radius 2 is 1.56 bits per heavy atom. The van der Waals surface area contributed by atoms with Crippen molar-refractivity contribution in [3.05, 3.63) is 104 Å². The van der Waals surface area contributed by atoms with E-state index in [0.717, 1.165) is 67.8 Å². The molecule has 3 aromatic heterocycles. The van der Waals surface area contributed by atoms with Gasteiger partial charge in [-0.05, 0) is 74.8 Å². The highest BCUT2D eigenvalue weighted by atomic mass is 35.5. The molecule has 0 bridgehead atoms. The third-order valence-electron chi connectivity index (χ3n) is 12.5.